The van der Waals surface area contributed by atoms with Gasteiger partial charge in [-0.3, -0.25) is 4.90 Å². The molecule has 0 aliphatic heterocycles. The standard InChI is InChI=1S/C20H26N2O2/c1-5-22(18-8-6-7-15(2)12-18)20(23)21-9-10-24-19-13-16(3)11-17(4)14-19/h6-8,11-14H,5,9-10H2,1-4H3,(H,21,23). The molecule has 0 aliphatic rings. The van der Waals surface area contributed by atoms with Crippen molar-refractivity contribution in [2.45, 2.75) is 27.7 Å². The van der Waals surface area contributed by atoms with E-state index in [1.54, 1.807) is 4.90 Å². The number of hydrogen-bond acceptors (Lipinski definition) is 2. The maximum absolute atomic E-state index is 12.4. The zero-order valence-corrected chi connectivity index (χ0v) is 14.9. The molecule has 0 aliphatic carbocycles. The van der Waals surface area contributed by atoms with Gasteiger partial charge in [-0.25, -0.2) is 4.79 Å². The monoisotopic (exact) mass is 326 g/mol. The highest BCUT2D eigenvalue weighted by atomic mass is 16.5. The molecule has 4 nitrogen and oxygen atoms in total. The molecule has 0 bridgehead atoms. The van der Waals surface area contributed by atoms with Crippen LogP contribution in [0.2, 0.25) is 0 Å². The average Bonchev–Trinajstić information content (AvgIpc) is 2.51. The fraction of sp³-hybridized carbons (Fsp3) is 0.350. The highest BCUT2D eigenvalue weighted by Crippen LogP contribution is 2.17. The number of carbonyl (C=O) groups is 1. The van der Waals surface area contributed by atoms with Crippen LogP contribution in [0.25, 0.3) is 0 Å². The Morgan fingerprint density at radius 3 is 2.38 bits per heavy atom. The van der Waals surface area contributed by atoms with Crippen LogP contribution in [-0.4, -0.2) is 25.7 Å². The molecular formula is C20H26N2O2. The Bertz CT molecular complexity index is 678. The van der Waals surface area contributed by atoms with Crippen LogP contribution in [0.15, 0.2) is 42.5 Å². The summed E-state index contributed by atoms with van der Waals surface area (Å²) < 4.78 is 5.72. The van der Waals surface area contributed by atoms with Gasteiger partial charge in [0.25, 0.3) is 0 Å². The van der Waals surface area contributed by atoms with Gasteiger partial charge in [0.2, 0.25) is 0 Å². The van der Waals surface area contributed by atoms with Gasteiger partial charge in [0.1, 0.15) is 12.4 Å². The summed E-state index contributed by atoms with van der Waals surface area (Å²) in [7, 11) is 0. The van der Waals surface area contributed by atoms with Gasteiger partial charge in [0, 0.05) is 12.2 Å². The second-order valence-electron chi connectivity index (χ2n) is 5.99. The number of carbonyl (C=O) groups excluding carboxylic acids is 1. The van der Waals surface area contributed by atoms with Gasteiger partial charge in [-0.15, -0.1) is 0 Å². The Morgan fingerprint density at radius 1 is 1.04 bits per heavy atom. The molecule has 0 heterocycles. The van der Waals surface area contributed by atoms with Crippen molar-refractivity contribution in [2.75, 3.05) is 24.6 Å². The number of anilines is 1. The third kappa shape index (κ3) is 5.01. The summed E-state index contributed by atoms with van der Waals surface area (Å²) in [6.07, 6.45) is 0. The largest absolute Gasteiger partial charge is 0.492 e. The highest BCUT2D eigenvalue weighted by molar-refractivity contribution is 5.91. The zero-order chi connectivity index (χ0) is 17.5. The number of nitrogens with zero attached hydrogens (tertiary/aromatic N) is 1. The third-order valence-electron chi connectivity index (χ3n) is 3.72. The Labute approximate surface area is 144 Å². The van der Waals surface area contributed by atoms with Gasteiger partial charge in [-0.2, -0.15) is 0 Å². The molecule has 0 saturated heterocycles. The predicted octanol–water partition coefficient (Wildman–Crippen LogP) is 4.23. The third-order valence-corrected chi connectivity index (χ3v) is 3.72. The number of benzene rings is 2. The van der Waals surface area contributed by atoms with Gasteiger partial charge < -0.3 is 10.1 Å². The van der Waals surface area contributed by atoms with E-state index in [0.717, 1.165) is 17.0 Å². The molecule has 0 atom stereocenters. The molecular weight excluding hydrogens is 300 g/mol. The lowest BCUT2D eigenvalue weighted by Gasteiger charge is -2.22. The maximum atomic E-state index is 12.4. The molecule has 0 fully saturated rings. The maximum Gasteiger partial charge on any atom is 0.321 e. The van der Waals surface area contributed by atoms with Crippen LogP contribution >= 0.6 is 0 Å². The molecule has 1 N–H and O–H groups in total. The van der Waals surface area contributed by atoms with Crippen molar-refractivity contribution in [3.63, 3.8) is 0 Å². The van der Waals surface area contributed by atoms with Crippen molar-refractivity contribution in [2.24, 2.45) is 0 Å². The lowest BCUT2D eigenvalue weighted by atomic mass is 10.1. The number of ether oxygens (including phenoxy) is 1. The average molecular weight is 326 g/mol. The molecule has 0 radical (unpaired) electrons. The van der Waals surface area contributed by atoms with Gasteiger partial charge in [-0.1, -0.05) is 18.2 Å². The first-order chi connectivity index (χ1) is 11.5. The minimum Gasteiger partial charge on any atom is -0.492 e. The molecule has 2 aromatic carbocycles. The van der Waals surface area contributed by atoms with Crippen LogP contribution in [0, 0.1) is 20.8 Å². The molecule has 2 aromatic rings. The molecule has 0 aromatic heterocycles. The van der Waals surface area contributed by atoms with Crippen LogP contribution in [-0.2, 0) is 0 Å². The van der Waals surface area contributed by atoms with Crippen molar-refractivity contribution >= 4 is 11.7 Å². The van der Waals surface area contributed by atoms with E-state index in [9.17, 15) is 4.79 Å². The van der Waals surface area contributed by atoms with E-state index in [1.165, 1.54) is 11.1 Å². The highest BCUT2D eigenvalue weighted by Gasteiger charge is 2.13. The Balaban J connectivity index is 1.85. The summed E-state index contributed by atoms with van der Waals surface area (Å²) in [6.45, 7) is 9.60. The van der Waals surface area contributed by atoms with Gasteiger partial charge in [0.15, 0.2) is 0 Å². The van der Waals surface area contributed by atoms with Crippen LogP contribution in [0.5, 0.6) is 5.75 Å². The zero-order valence-electron chi connectivity index (χ0n) is 14.9. The normalized spacial score (nSPS) is 10.3. The topological polar surface area (TPSA) is 41.6 Å². The number of aryl methyl sites for hydroxylation is 3. The number of rotatable bonds is 6. The minimum atomic E-state index is -0.105. The quantitative estimate of drug-likeness (QED) is 0.807. The van der Waals surface area contributed by atoms with Gasteiger partial charge in [0.05, 0.1) is 6.54 Å². The van der Waals surface area contributed by atoms with E-state index in [1.807, 2.05) is 64.1 Å². The summed E-state index contributed by atoms with van der Waals surface area (Å²) in [6, 6.07) is 13.9. The molecule has 24 heavy (non-hydrogen) atoms. The van der Waals surface area contributed by atoms with Crippen molar-refractivity contribution in [1.82, 2.24) is 5.32 Å². The molecule has 128 valence electrons. The van der Waals surface area contributed by atoms with E-state index >= 15 is 0 Å². The fourth-order valence-electron chi connectivity index (χ4n) is 2.68. The van der Waals surface area contributed by atoms with Crippen LogP contribution in [0.1, 0.15) is 23.6 Å². The minimum absolute atomic E-state index is 0.105. The molecule has 0 unspecified atom stereocenters. The number of urea groups is 1. The lowest BCUT2D eigenvalue weighted by Crippen LogP contribution is -2.41. The van der Waals surface area contributed by atoms with Crippen molar-refractivity contribution in [3.8, 4) is 5.75 Å². The smallest absolute Gasteiger partial charge is 0.321 e. The lowest BCUT2D eigenvalue weighted by molar-refractivity contribution is 0.242. The van der Waals surface area contributed by atoms with Gasteiger partial charge >= 0.3 is 6.03 Å². The molecule has 0 spiro atoms. The molecule has 2 rings (SSSR count). The SMILES string of the molecule is CCN(C(=O)NCCOc1cc(C)cc(C)c1)c1cccc(C)c1. The molecule has 0 saturated carbocycles. The fourth-order valence-corrected chi connectivity index (χ4v) is 2.68. The summed E-state index contributed by atoms with van der Waals surface area (Å²) in [5.74, 6) is 0.841. The summed E-state index contributed by atoms with van der Waals surface area (Å²) in [5.41, 5.74) is 4.39. The van der Waals surface area contributed by atoms with Crippen molar-refractivity contribution in [3.05, 3.63) is 59.2 Å². The number of nitrogens with one attached hydrogen (secondary N) is 1. The number of amides is 2. The van der Waals surface area contributed by atoms with Crippen molar-refractivity contribution in [1.29, 1.82) is 0 Å². The molecule has 2 amide bonds. The first-order valence-corrected chi connectivity index (χ1v) is 8.32. The van der Waals surface area contributed by atoms with Gasteiger partial charge in [-0.05, 0) is 68.7 Å². The first-order valence-electron chi connectivity index (χ1n) is 8.32. The Morgan fingerprint density at radius 2 is 1.75 bits per heavy atom. The van der Waals surface area contributed by atoms with Crippen LogP contribution in [0.4, 0.5) is 10.5 Å². The summed E-state index contributed by atoms with van der Waals surface area (Å²) >= 11 is 0. The van der Waals surface area contributed by atoms with E-state index in [-0.39, 0.29) is 6.03 Å². The van der Waals surface area contributed by atoms with Crippen LogP contribution < -0.4 is 15.0 Å². The Hall–Kier alpha value is -2.49. The summed E-state index contributed by atoms with van der Waals surface area (Å²) in [5, 5.41) is 2.91. The predicted molar refractivity (Wildman–Crippen MR) is 99.0 cm³/mol. The van der Waals surface area contributed by atoms with E-state index in [4.69, 9.17) is 4.74 Å². The second-order valence-corrected chi connectivity index (χ2v) is 5.99. The van der Waals surface area contributed by atoms with Crippen molar-refractivity contribution < 1.29 is 9.53 Å². The van der Waals surface area contributed by atoms with E-state index in [0.29, 0.717) is 19.7 Å². The molecule has 4 heteroatoms. The first kappa shape index (κ1) is 17.9. The Kier molecular flexibility index (Phi) is 6.24. The summed E-state index contributed by atoms with van der Waals surface area (Å²) in [4.78, 5) is 14.1. The van der Waals surface area contributed by atoms with E-state index < -0.39 is 0 Å². The number of hydrogen-bond donors (Lipinski definition) is 1. The second kappa shape index (κ2) is 8.39. The van der Waals surface area contributed by atoms with E-state index in [2.05, 4.69) is 11.4 Å². The van der Waals surface area contributed by atoms with Crippen LogP contribution in [0.3, 0.4) is 0 Å².